The first kappa shape index (κ1) is 19.2. The minimum Gasteiger partial charge on any atom is -0.327 e. The number of piperazine rings is 1. The zero-order chi connectivity index (χ0) is 20.2. The number of rotatable bonds is 4. The van der Waals surface area contributed by atoms with Crippen LogP contribution in [0.25, 0.3) is 0 Å². The number of nitrogens with zero attached hydrogens (tertiary/aromatic N) is 2. The van der Waals surface area contributed by atoms with Crippen molar-refractivity contribution >= 4 is 5.91 Å². The number of carbonyl (C=O) groups is 1. The summed E-state index contributed by atoms with van der Waals surface area (Å²) < 4.78 is 26.9. The van der Waals surface area contributed by atoms with E-state index >= 15 is 0 Å². The molecule has 1 saturated heterocycles. The molecule has 29 heavy (non-hydrogen) atoms. The highest BCUT2D eigenvalue weighted by atomic mass is 19.1. The molecule has 2 aromatic carbocycles. The van der Waals surface area contributed by atoms with E-state index in [9.17, 15) is 13.6 Å². The van der Waals surface area contributed by atoms with Crippen LogP contribution in [0.1, 0.15) is 27.5 Å². The van der Waals surface area contributed by atoms with Crippen LogP contribution >= 0.6 is 0 Å². The number of nitrogens with one attached hydrogen (secondary N) is 1. The summed E-state index contributed by atoms with van der Waals surface area (Å²) in [6.45, 7) is 2.73. The molecule has 0 unspecified atom stereocenters. The number of benzene rings is 2. The van der Waals surface area contributed by atoms with Gasteiger partial charge in [0.05, 0.1) is 26.2 Å². The number of amides is 1. The van der Waals surface area contributed by atoms with Gasteiger partial charge in [0.15, 0.2) is 0 Å². The molecule has 1 aliphatic heterocycles. The Labute approximate surface area is 168 Å². The van der Waals surface area contributed by atoms with Crippen molar-refractivity contribution in [2.75, 3.05) is 26.2 Å². The van der Waals surface area contributed by atoms with E-state index in [-0.39, 0.29) is 23.6 Å². The van der Waals surface area contributed by atoms with Crippen molar-refractivity contribution in [1.82, 2.24) is 9.88 Å². The third-order valence-electron chi connectivity index (χ3n) is 5.44. The maximum absolute atomic E-state index is 13.4. The van der Waals surface area contributed by atoms with Crippen LogP contribution in [0.3, 0.4) is 0 Å². The predicted octanol–water partition coefficient (Wildman–Crippen LogP) is 2.49. The predicted molar refractivity (Wildman–Crippen MR) is 105 cm³/mol. The van der Waals surface area contributed by atoms with Crippen LogP contribution in [0.5, 0.6) is 0 Å². The number of carbonyl (C=O) groups excluding carboxylic acids is 1. The molecule has 0 spiro atoms. The van der Waals surface area contributed by atoms with E-state index in [0.29, 0.717) is 18.7 Å². The standard InChI is InChI=1S/C23H21F2N3O/c24-20-5-1-17(2-6-20)22(18-3-7-21(25)8-4-18)27-13-15-28(16-14-27)23(29)19-9-11-26-12-10-19/h1-12,22H,13-16H2/p+1. The Balaban J connectivity index is 1.54. The first-order valence-electron chi connectivity index (χ1n) is 9.66. The molecule has 1 fully saturated rings. The van der Waals surface area contributed by atoms with Crippen LogP contribution in [0, 0.1) is 11.6 Å². The molecule has 0 atom stereocenters. The SMILES string of the molecule is O=C(c1ccncc1)N1CC[NH+](C(c2ccc(F)cc2)c2ccc(F)cc2)CC1. The molecule has 1 amide bonds. The van der Waals surface area contributed by atoms with Gasteiger partial charge in [0, 0.05) is 29.1 Å². The summed E-state index contributed by atoms with van der Waals surface area (Å²) in [6, 6.07) is 16.3. The van der Waals surface area contributed by atoms with Crippen molar-refractivity contribution in [2.45, 2.75) is 6.04 Å². The summed E-state index contributed by atoms with van der Waals surface area (Å²) in [5.74, 6) is -0.560. The quantitative estimate of drug-likeness (QED) is 0.738. The van der Waals surface area contributed by atoms with E-state index in [4.69, 9.17) is 0 Å². The number of quaternary nitrogens is 1. The van der Waals surface area contributed by atoms with E-state index in [0.717, 1.165) is 24.2 Å². The minimum absolute atomic E-state index is 0.00608. The molecular weight excluding hydrogens is 372 g/mol. The van der Waals surface area contributed by atoms with Gasteiger partial charge in [-0.1, -0.05) is 0 Å². The van der Waals surface area contributed by atoms with Gasteiger partial charge in [0.25, 0.3) is 5.91 Å². The molecule has 2 heterocycles. The van der Waals surface area contributed by atoms with Crippen molar-refractivity contribution in [3.63, 3.8) is 0 Å². The number of hydrogen-bond donors (Lipinski definition) is 1. The first-order chi connectivity index (χ1) is 14.1. The Kier molecular flexibility index (Phi) is 5.62. The van der Waals surface area contributed by atoms with Gasteiger partial charge in [-0.3, -0.25) is 9.78 Å². The lowest BCUT2D eigenvalue weighted by atomic mass is 9.96. The second-order valence-corrected chi connectivity index (χ2v) is 7.22. The molecule has 6 heteroatoms. The fourth-order valence-electron chi connectivity index (χ4n) is 3.94. The van der Waals surface area contributed by atoms with Crippen molar-refractivity contribution < 1.29 is 18.5 Å². The molecule has 148 valence electrons. The Morgan fingerprint density at radius 3 is 1.79 bits per heavy atom. The molecule has 4 nitrogen and oxygen atoms in total. The van der Waals surface area contributed by atoms with Crippen LogP contribution in [0.2, 0.25) is 0 Å². The topological polar surface area (TPSA) is 37.6 Å². The second kappa shape index (κ2) is 8.49. The van der Waals surface area contributed by atoms with Gasteiger partial charge in [-0.05, 0) is 60.7 Å². The van der Waals surface area contributed by atoms with Crippen molar-refractivity contribution in [3.05, 3.63) is 101 Å². The number of pyridine rings is 1. The highest BCUT2D eigenvalue weighted by molar-refractivity contribution is 5.94. The first-order valence-corrected chi connectivity index (χ1v) is 9.66. The van der Waals surface area contributed by atoms with Crippen LogP contribution < -0.4 is 4.90 Å². The molecule has 4 rings (SSSR count). The molecule has 1 aliphatic rings. The summed E-state index contributed by atoms with van der Waals surface area (Å²) in [5.41, 5.74) is 2.58. The van der Waals surface area contributed by atoms with Gasteiger partial charge >= 0.3 is 0 Å². The summed E-state index contributed by atoms with van der Waals surface area (Å²) in [4.78, 5) is 19.8. The van der Waals surface area contributed by atoms with Crippen LogP contribution in [0.15, 0.2) is 73.1 Å². The average molecular weight is 394 g/mol. The Morgan fingerprint density at radius 2 is 1.31 bits per heavy atom. The molecule has 0 aliphatic carbocycles. The van der Waals surface area contributed by atoms with E-state index in [2.05, 4.69) is 4.98 Å². The molecule has 1 aromatic heterocycles. The largest absolute Gasteiger partial charge is 0.327 e. The maximum atomic E-state index is 13.4. The molecule has 0 radical (unpaired) electrons. The molecule has 3 aromatic rings. The highest BCUT2D eigenvalue weighted by Crippen LogP contribution is 2.21. The van der Waals surface area contributed by atoms with Gasteiger partial charge in [-0.15, -0.1) is 0 Å². The van der Waals surface area contributed by atoms with E-state index in [1.807, 2.05) is 4.90 Å². The van der Waals surface area contributed by atoms with Crippen molar-refractivity contribution in [1.29, 1.82) is 0 Å². The maximum Gasteiger partial charge on any atom is 0.254 e. The number of hydrogen-bond acceptors (Lipinski definition) is 2. The number of halogens is 2. The van der Waals surface area contributed by atoms with Gasteiger partial charge < -0.3 is 9.80 Å². The van der Waals surface area contributed by atoms with Crippen LogP contribution in [-0.4, -0.2) is 42.0 Å². The summed E-state index contributed by atoms with van der Waals surface area (Å²) in [5, 5.41) is 0. The summed E-state index contributed by atoms with van der Waals surface area (Å²) in [7, 11) is 0. The Bertz CT molecular complexity index is 908. The number of aromatic nitrogens is 1. The van der Waals surface area contributed by atoms with Crippen molar-refractivity contribution in [3.8, 4) is 0 Å². The minimum atomic E-state index is -0.283. The monoisotopic (exact) mass is 394 g/mol. The van der Waals surface area contributed by atoms with Crippen LogP contribution in [0.4, 0.5) is 8.78 Å². The van der Waals surface area contributed by atoms with Gasteiger partial charge in [0.1, 0.15) is 17.7 Å². The smallest absolute Gasteiger partial charge is 0.254 e. The summed E-state index contributed by atoms with van der Waals surface area (Å²) >= 11 is 0. The average Bonchev–Trinajstić information content (AvgIpc) is 2.77. The molecule has 0 bridgehead atoms. The van der Waals surface area contributed by atoms with E-state index < -0.39 is 0 Å². The zero-order valence-corrected chi connectivity index (χ0v) is 15.9. The van der Waals surface area contributed by atoms with Gasteiger partial charge in [-0.2, -0.15) is 0 Å². The Morgan fingerprint density at radius 1 is 0.828 bits per heavy atom. The third-order valence-corrected chi connectivity index (χ3v) is 5.44. The lowest BCUT2D eigenvalue weighted by molar-refractivity contribution is -0.929. The molecular formula is C23H22F2N3O+. The normalized spacial score (nSPS) is 14.9. The molecule has 1 N–H and O–H groups in total. The lowest BCUT2D eigenvalue weighted by Crippen LogP contribution is -3.15. The van der Waals surface area contributed by atoms with E-state index in [1.165, 1.54) is 29.2 Å². The third kappa shape index (κ3) is 4.32. The van der Waals surface area contributed by atoms with E-state index in [1.54, 1.807) is 48.8 Å². The van der Waals surface area contributed by atoms with Gasteiger partial charge in [0.2, 0.25) is 0 Å². The Hall–Kier alpha value is -3.12. The van der Waals surface area contributed by atoms with Crippen molar-refractivity contribution in [2.24, 2.45) is 0 Å². The molecule has 0 saturated carbocycles. The summed E-state index contributed by atoms with van der Waals surface area (Å²) in [6.07, 6.45) is 3.24. The fourth-order valence-corrected chi connectivity index (χ4v) is 3.94. The second-order valence-electron chi connectivity index (χ2n) is 7.22. The zero-order valence-electron chi connectivity index (χ0n) is 15.9. The van der Waals surface area contributed by atoms with Crippen LogP contribution in [-0.2, 0) is 0 Å². The lowest BCUT2D eigenvalue weighted by Gasteiger charge is -2.37. The fraction of sp³-hybridized carbons (Fsp3) is 0.217. The van der Waals surface area contributed by atoms with Gasteiger partial charge in [-0.25, -0.2) is 8.78 Å². The highest BCUT2D eigenvalue weighted by Gasteiger charge is 2.32.